The summed E-state index contributed by atoms with van der Waals surface area (Å²) < 4.78 is 0. The molecule has 0 radical (unpaired) electrons. The lowest BCUT2D eigenvalue weighted by Crippen LogP contribution is -2.34. The number of carbonyl (C=O) groups is 1. The van der Waals surface area contributed by atoms with Gasteiger partial charge in [0.1, 0.15) is 12.1 Å². The summed E-state index contributed by atoms with van der Waals surface area (Å²) in [5, 5.41) is 4.07. The molecule has 4 rings (SSSR count). The van der Waals surface area contributed by atoms with Gasteiger partial charge in [0.2, 0.25) is 5.91 Å². The standard InChI is InChI=1S/C18H16N4O/c23-17(22-10-9-13-5-1-4-8-16(13)22)11-19-18-14-6-2-3-7-15(14)20-12-21-18/h1-8,12H,9-11H2,(H,19,20,21). The van der Waals surface area contributed by atoms with Crippen LogP contribution >= 0.6 is 0 Å². The number of nitrogens with zero attached hydrogens (tertiary/aromatic N) is 3. The predicted octanol–water partition coefficient (Wildman–Crippen LogP) is 2.63. The highest BCUT2D eigenvalue weighted by molar-refractivity contribution is 5.99. The summed E-state index contributed by atoms with van der Waals surface area (Å²) >= 11 is 0. The lowest BCUT2D eigenvalue weighted by Gasteiger charge is -2.18. The maximum absolute atomic E-state index is 12.5. The summed E-state index contributed by atoms with van der Waals surface area (Å²) in [6, 6.07) is 15.8. The molecule has 0 bridgehead atoms. The minimum absolute atomic E-state index is 0.0534. The van der Waals surface area contributed by atoms with Crippen molar-refractivity contribution in [2.24, 2.45) is 0 Å². The van der Waals surface area contributed by atoms with Crippen molar-refractivity contribution >= 4 is 28.3 Å². The van der Waals surface area contributed by atoms with E-state index in [1.54, 1.807) is 0 Å². The van der Waals surface area contributed by atoms with Crippen LogP contribution in [-0.4, -0.2) is 29.0 Å². The average Bonchev–Trinajstić information content (AvgIpc) is 3.04. The third-order valence-electron chi connectivity index (χ3n) is 4.14. The van der Waals surface area contributed by atoms with Crippen LogP contribution in [0.1, 0.15) is 5.56 Å². The lowest BCUT2D eigenvalue weighted by atomic mass is 10.2. The minimum atomic E-state index is 0.0534. The van der Waals surface area contributed by atoms with Crippen LogP contribution in [0.15, 0.2) is 54.9 Å². The molecule has 0 saturated carbocycles. The number of aromatic nitrogens is 2. The van der Waals surface area contributed by atoms with Gasteiger partial charge in [0.05, 0.1) is 12.1 Å². The molecule has 0 spiro atoms. The van der Waals surface area contributed by atoms with Crippen LogP contribution < -0.4 is 10.2 Å². The van der Waals surface area contributed by atoms with Crippen molar-refractivity contribution in [3.63, 3.8) is 0 Å². The zero-order valence-electron chi connectivity index (χ0n) is 12.6. The molecule has 2 heterocycles. The largest absolute Gasteiger partial charge is 0.360 e. The number of amides is 1. The van der Waals surface area contributed by atoms with Crippen molar-refractivity contribution in [3.8, 4) is 0 Å². The summed E-state index contributed by atoms with van der Waals surface area (Å²) in [6.07, 6.45) is 2.43. The van der Waals surface area contributed by atoms with Crippen LogP contribution in [-0.2, 0) is 11.2 Å². The molecule has 1 aromatic heterocycles. The van der Waals surface area contributed by atoms with Crippen LogP contribution in [0.25, 0.3) is 10.9 Å². The molecule has 2 aromatic carbocycles. The fourth-order valence-corrected chi connectivity index (χ4v) is 3.00. The zero-order valence-corrected chi connectivity index (χ0v) is 12.6. The van der Waals surface area contributed by atoms with E-state index >= 15 is 0 Å². The van der Waals surface area contributed by atoms with Gasteiger partial charge in [-0.25, -0.2) is 9.97 Å². The molecule has 5 nitrogen and oxygen atoms in total. The Morgan fingerprint density at radius 2 is 1.91 bits per heavy atom. The second-order valence-electron chi connectivity index (χ2n) is 5.52. The summed E-state index contributed by atoms with van der Waals surface area (Å²) in [5.41, 5.74) is 3.11. The van der Waals surface area contributed by atoms with Gasteiger partial charge in [-0.05, 0) is 30.2 Å². The molecule has 0 aliphatic carbocycles. The molecule has 0 fully saturated rings. The van der Waals surface area contributed by atoms with Gasteiger partial charge in [-0.2, -0.15) is 0 Å². The van der Waals surface area contributed by atoms with E-state index in [0.29, 0.717) is 5.82 Å². The van der Waals surface area contributed by atoms with E-state index in [1.165, 1.54) is 11.9 Å². The van der Waals surface area contributed by atoms with Crippen LogP contribution in [0.3, 0.4) is 0 Å². The number of rotatable bonds is 3. The van der Waals surface area contributed by atoms with Gasteiger partial charge in [-0.3, -0.25) is 4.79 Å². The first kappa shape index (κ1) is 13.7. The molecule has 23 heavy (non-hydrogen) atoms. The van der Waals surface area contributed by atoms with Gasteiger partial charge in [0, 0.05) is 17.6 Å². The topological polar surface area (TPSA) is 58.1 Å². The molecule has 3 aromatic rings. The normalized spacial score (nSPS) is 13.1. The number of nitrogens with one attached hydrogen (secondary N) is 1. The van der Waals surface area contributed by atoms with E-state index in [2.05, 4.69) is 21.4 Å². The minimum Gasteiger partial charge on any atom is -0.360 e. The molecule has 0 saturated heterocycles. The first-order chi connectivity index (χ1) is 11.3. The Kier molecular flexibility index (Phi) is 3.38. The van der Waals surface area contributed by atoms with Gasteiger partial charge in [-0.15, -0.1) is 0 Å². The van der Waals surface area contributed by atoms with E-state index in [1.807, 2.05) is 47.4 Å². The Hall–Kier alpha value is -2.95. The van der Waals surface area contributed by atoms with Gasteiger partial charge in [0.15, 0.2) is 0 Å². The van der Waals surface area contributed by atoms with Crippen molar-refractivity contribution in [2.45, 2.75) is 6.42 Å². The molecule has 5 heteroatoms. The smallest absolute Gasteiger partial charge is 0.246 e. The van der Waals surface area contributed by atoms with Crippen molar-refractivity contribution in [2.75, 3.05) is 23.3 Å². The fraction of sp³-hybridized carbons (Fsp3) is 0.167. The maximum Gasteiger partial charge on any atom is 0.246 e. The number of fused-ring (bicyclic) bond motifs is 2. The number of benzene rings is 2. The number of anilines is 2. The van der Waals surface area contributed by atoms with E-state index < -0.39 is 0 Å². The summed E-state index contributed by atoms with van der Waals surface area (Å²) in [5.74, 6) is 0.745. The Bertz CT molecular complexity index is 872. The third-order valence-corrected chi connectivity index (χ3v) is 4.14. The van der Waals surface area contributed by atoms with Gasteiger partial charge >= 0.3 is 0 Å². The fourth-order valence-electron chi connectivity index (χ4n) is 3.00. The molecule has 1 amide bonds. The number of hydrogen-bond acceptors (Lipinski definition) is 4. The Labute approximate surface area is 134 Å². The van der Waals surface area contributed by atoms with E-state index in [0.717, 1.165) is 29.6 Å². The van der Waals surface area contributed by atoms with Crippen LogP contribution in [0.4, 0.5) is 11.5 Å². The highest BCUT2D eigenvalue weighted by Crippen LogP contribution is 2.27. The molecule has 1 N–H and O–H groups in total. The number of para-hydroxylation sites is 2. The monoisotopic (exact) mass is 304 g/mol. The van der Waals surface area contributed by atoms with E-state index in [-0.39, 0.29) is 12.5 Å². The van der Waals surface area contributed by atoms with Gasteiger partial charge in [-0.1, -0.05) is 30.3 Å². The molecule has 1 aliphatic heterocycles. The highest BCUT2D eigenvalue weighted by Gasteiger charge is 2.23. The molecule has 0 unspecified atom stereocenters. The molecular formula is C18H16N4O. The molecule has 0 atom stereocenters. The zero-order chi connectivity index (χ0) is 15.6. The number of carbonyl (C=O) groups excluding carboxylic acids is 1. The Morgan fingerprint density at radius 1 is 1.09 bits per heavy atom. The summed E-state index contributed by atoms with van der Waals surface area (Å²) in [7, 11) is 0. The molecular weight excluding hydrogens is 288 g/mol. The summed E-state index contributed by atoms with van der Waals surface area (Å²) in [6.45, 7) is 0.958. The number of hydrogen-bond donors (Lipinski definition) is 1. The first-order valence-electron chi connectivity index (χ1n) is 7.65. The quantitative estimate of drug-likeness (QED) is 0.808. The maximum atomic E-state index is 12.5. The Balaban J connectivity index is 1.52. The Morgan fingerprint density at radius 3 is 2.87 bits per heavy atom. The van der Waals surface area contributed by atoms with Crippen LogP contribution in [0, 0.1) is 0 Å². The second-order valence-corrected chi connectivity index (χ2v) is 5.52. The van der Waals surface area contributed by atoms with Gasteiger partial charge in [0.25, 0.3) is 0 Å². The predicted molar refractivity (Wildman–Crippen MR) is 90.5 cm³/mol. The molecule has 1 aliphatic rings. The van der Waals surface area contributed by atoms with Crippen LogP contribution in [0.5, 0.6) is 0 Å². The van der Waals surface area contributed by atoms with E-state index in [4.69, 9.17) is 0 Å². The molecule has 114 valence electrons. The first-order valence-corrected chi connectivity index (χ1v) is 7.65. The van der Waals surface area contributed by atoms with Gasteiger partial charge < -0.3 is 10.2 Å². The van der Waals surface area contributed by atoms with Crippen molar-refractivity contribution < 1.29 is 4.79 Å². The highest BCUT2D eigenvalue weighted by atomic mass is 16.2. The lowest BCUT2D eigenvalue weighted by molar-refractivity contribution is -0.116. The van der Waals surface area contributed by atoms with Crippen molar-refractivity contribution in [3.05, 3.63) is 60.4 Å². The van der Waals surface area contributed by atoms with Crippen LogP contribution in [0.2, 0.25) is 0 Å². The van der Waals surface area contributed by atoms with Crippen molar-refractivity contribution in [1.82, 2.24) is 9.97 Å². The SMILES string of the molecule is O=C(CNc1ncnc2ccccc12)N1CCc2ccccc21. The van der Waals surface area contributed by atoms with Crippen molar-refractivity contribution in [1.29, 1.82) is 0 Å². The third kappa shape index (κ3) is 2.50. The van der Waals surface area contributed by atoms with E-state index in [9.17, 15) is 4.79 Å². The average molecular weight is 304 g/mol. The second kappa shape index (κ2) is 5.68. The summed E-state index contributed by atoms with van der Waals surface area (Å²) in [4.78, 5) is 22.9.